The molecular weight excluding hydrogens is 314 g/mol. The molecule has 0 radical (unpaired) electrons. The van der Waals surface area contributed by atoms with Crippen LogP contribution >= 0.6 is 0 Å². The molecule has 25 heavy (non-hydrogen) atoms. The van der Waals surface area contributed by atoms with Crippen molar-refractivity contribution < 1.29 is 4.79 Å². The van der Waals surface area contributed by atoms with Crippen LogP contribution in [0.2, 0.25) is 0 Å². The largest absolute Gasteiger partial charge is 0.383 e. The average molecular weight is 333 g/mol. The Balaban J connectivity index is 2.12. The zero-order valence-electron chi connectivity index (χ0n) is 14.4. The molecule has 0 aliphatic heterocycles. The van der Waals surface area contributed by atoms with Crippen molar-refractivity contribution in [2.75, 3.05) is 14.1 Å². The van der Waals surface area contributed by atoms with E-state index in [1.165, 1.54) is 0 Å². The molecule has 0 aliphatic rings. The van der Waals surface area contributed by atoms with E-state index in [0.29, 0.717) is 17.0 Å². The normalized spacial score (nSPS) is 11.4. The first-order chi connectivity index (χ1) is 12.1. The molecule has 6 nitrogen and oxygen atoms in total. The van der Waals surface area contributed by atoms with Crippen molar-refractivity contribution in [1.82, 2.24) is 25.1 Å². The number of carbonyl (C=O) groups is 1. The molecule has 3 aromatic rings. The third-order valence-electron chi connectivity index (χ3n) is 3.73. The van der Waals surface area contributed by atoms with Crippen LogP contribution in [0.4, 0.5) is 0 Å². The number of Topliss-reactive ketones (excluding diaryl/α,β-unsaturated/α-hetero) is 1. The van der Waals surface area contributed by atoms with Crippen LogP contribution in [0.5, 0.6) is 0 Å². The van der Waals surface area contributed by atoms with E-state index in [1.54, 1.807) is 10.9 Å². The number of ketones is 1. The number of aryl methyl sites for hydroxylation is 1. The summed E-state index contributed by atoms with van der Waals surface area (Å²) in [5.74, 6) is 0.298. The van der Waals surface area contributed by atoms with Crippen molar-refractivity contribution in [3.05, 3.63) is 77.7 Å². The lowest BCUT2D eigenvalue weighted by Gasteiger charge is -2.12. The number of aromatic nitrogens is 4. The Morgan fingerprint density at radius 3 is 2.40 bits per heavy atom. The fourth-order valence-electron chi connectivity index (χ4n) is 2.55. The molecule has 0 atom stereocenters. The van der Waals surface area contributed by atoms with Crippen LogP contribution in [0.1, 0.15) is 21.7 Å². The van der Waals surface area contributed by atoms with Gasteiger partial charge in [-0.05, 0) is 35.0 Å². The second kappa shape index (κ2) is 7.09. The third-order valence-corrected chi connectivity index (χ3v) is 3.73. The zero-order chi connectivity index (χ0) is 17.8. The van der Waals surface area contributed by atoms with Gasteiger partial charge in [-0.1, -0.05) is 42.5 Å². The van der Waals surface area contributed by atoms with E-state index in [0.717, 1.165) is 11.3 Å². The van der Waals surface area contributed by atoms with Gasteiger partial charge in [0.15, 0.2) is 11.6 Å². The van der Waals surface area contributed by atoms with Gasteiger partial charge in [0.25, 0.3) is 0 Å². The van der Waals surface area contributed by atoms with E-state index >= 15 is 0 Å². The number of allylic oxidation sites excluding steroid dienone is 1. The molecule has 0 N–H and O–H groups in total. The van der Waals surface area contributed by atoms with Crippen LogP contribution in [0.3, 0.4) is 0 Å². The summed E-state index contributed by atoms with van der Waals surface area (Å²) in [6, 6.07) is 17.0. The molecule has 2 aromatic carbocycles. The average Bonchev–Trinajstić information content (AvgIpc) is 3.09. The molecule has 1 heterocycles. The van der Waals surface area contributed by atoms with Crippen molar-refractivity contribution in [3.8, 4) is 5.69 Å². The van der Waals surface area contributed by atoms with Gasteiger partial charge in [-0.3, -0.25) is 4.79 Å². The monoisotopic (exact) mass is 333 g/mol. The number of para-hydroxylation sites is 1. The molecule has 0 unspecified atom stereocenters. The second-order valence-corrected chi connectivity index (χ2v) is 5.90. The maximum absolute atomic E-state index is 13.2. The van der Waals surface area contributed by atoms with Crippen LogP contribution in [0, 0.1) is 6.92 Å². The highest BCUT2D eigenvalue weighted by molar-refractivity contribution is 6.28. The van der Waals surface area contributed by atoms with Gasteiger partial charge in [0, 0.05) is 25.9 Å². The SMILES string of the molecule is Cc1ccccc1C(=O)/C(=C\N(C)C)c1nnnn1-c1ccccc1. The highest BCUT2D eigenvalue weighted by atomic mass is 16.1. The predicted octanol–water partition coefficient (Wildman–Crippen LogP) is 2.76. The Bertz CT molecular complexity index is 912. The lowest BCUT2D eigenvalue weighted by Crippen LogP contribution is -2.14. The van der Waals surface area contributed by atoms with Gasteiger partial charge in [0.2, 0.25) is 0 Å². The lowest BCUT2D eigenvalue weighted by atomic mass is 9.99. The molecule has 0 amide bonds. The van der Waals surface area contributed by atoms with Crippen LogP contribution in [-0.2, 0) is 0 Å². The van der Waals surface area contributed by atoms with Gasteiger partial charge in [-0.15, -0.1) is 5.10 Å². The van der Waals surface area contributed by atoms with E-state index in [1.807, 2.05) is 80.5 Å². The number of hydrogen-bond donors (Lipinski definition) is 0. The fraction of sp³-hybridized carbons (Fsp3) is 0.158. The molecule has 3 rings (SSSR count). The Morgan fingerprint density at radius 1 is 1.04 bits per heavy atom. The van der Waals surface area contributed by atoms with E-state index in [-0.39, 0.29) is 5.78 Å². The van der Waals surface area contributed by atoms with Crippen molar-refractivity contribution >= 4 is 11.4 Å². The first kappa shape index (κ1) is 16.6. The van der Waals surface area contributed by atoms with Gasteiger partial charge >= 0.3 is 0 Å². The smallest absolute Gasteiger partial charge is 0.198 e. The van der Waals surface area contributed by atoms with Gasteiger partial charge in [-0.25, -0.2) is 0 Å². The summed E-state index contributed by atoms with van der Waals surface area (Å²) in [5.41, 5.74) is 2.78. The van der Waals surface area contributed by atoms with Crippen LogP contribution in [0.15, 0.2) is 60.8 Å². The molecule has 0 bridgehead atoms. The van der Waals surface area contributed by atoms with Crippen molar-refractivity contribution in [3.63, 3.8) is 0 Å². The van der Waals surface area contributed by atoms with Gasteiger partial charge in [0.1, 0.15) is 0 Å². The van der Waals surface area contributed by atoms with E-state index in [9.17, 15) is 4.79 Å². The van der Waals surface area contributed by atoms with E-state index in [4.69, 9.17) is 0 Å². The number of nitrogens with zero attached hydrogens (tertiary/aromatic N) is 5. The quantitative estimate of drug-likeness (QED) is 0.531. The van der Waals surface area contributed by atoms with Crippen LogP contribution < -0.4 is 0 Å². The standard InChI is InChI=1S/C19H19N5O/c1-14-9-7-8-12-16(14)18(25)17(13-23(2)3)19-20-21-22-24(19)15-10-5-4-6-11-15/h4-13H,1-3H3/b17-13+. The first-order valence-corrected chi connectivity index (χ1v) is 7.90. The molecule has 1 aromatic heterocycles. The van der Waals surface area contributed by atoms with Gasteiger partial charge in [-0.2, -0.15) is 4.68 Å². The van der Waals surface area contributed by atoms with Crippen LogP contribution in [-0.4, -0.2) is 45.0 Å². The number of rotatable bonds is 5. The predicted molar refractivity (Wildman–Crippen MR) is 96.3 cm³/mol. The first-order valence-electron chi connectivity index (χ1n) is 7.90. The molecule has 126 valence electrons. The Hall–Kier alpha value is -3.28. The Labute approximate surface area is 146 Å². The minimum atomic E-state index is -0.112. The summed E-state index contributed by atoms with van der Waals surface area (Å²) < 4.78 is 1.57. The molecule has 0 spiro atoms. The molecule has 0 saturated carbocycles. The maximum Gasteiger partial charge on any atom is 0.198 e. The van der Waals surface area contributed by atoms with E-state index < -0.39 is 0 Å². The number of tetrazole rings is 1. The molecular formula is C19H19N5O. The number of hydrogen-bond acceptors (Lipinski definition) is 5. The van der Waals surface area contributed by atoms with Crippen molar-refractivity contribution in [2.24, 2.45) is 0 Å². The summed E-state index contributed by atoms with van der Waals surface area (Å²) >= 11 is 0. The zero-order valence-corrected chi connectivity index (χ0v) is 14.4. The summed E-state index contributed by atoms with van der Waals surface area (Å²) in [5, 5.41) is 11.9. The van der Waals surface area contributed by atoms with Crippen molar-refractivity contribution in [1.29, 1.82) is 0 Å². The molecule has 0 aliphatic carbocycles. The summed E-state index contributed by atoms with van der Waals surface area (Å²) in [6.45, 7) is 1.92. The topological polar surface area (TPSA) is 63.9 Å². The van der Waals surface area contributed by atoms with Crippen LogP contribution in [0.25, 0.3) is 11.3 Å². The third kappa shape index (κ3) is 3.47. The Morgan fingerprint density at radius 2 is 1.72 bits per heavy atom. The number of benzene rings is 2. The van der Waals surface area contributed by atoms with Gasteiger partial charge < -0.3 is 4.90 Å². The minimum absolute atomic E-state index is 0.112. The van der Waals surface area contributed by atoms with E-state index in [2.05, 4.69) is 15.5 Å². The minimum Gasteiger partial charge on any atom is -0.383 e. The Kier molecular flexibility index (Phi) is 4.70. The molecule has 0 saturated heterocycles. The highest BCUT2D eigenvalue weighted by Gasteiger charge is 2.22. The lowest BCUT2D eigenvalue weighted by molar-refractivity contribution is 0.105. The molecule has 6 heteroatoms. The summed E-state index contributed by atoms with van der Waals surface area (Å²) in [7, 11) is 3.73. The summed E-state index contributed by atoms with van der Waals surface area (Å²) in [6.07, 6.45) is 1.75. The van der Waals surface area contributed by atoms with Gasteiger partial charge in [0.05, 0.1) is 11.3 Å². The second-order valence-electron chi connectivity index (χ2n) is 5.90. The maximum atomic E-state index is 13.2. The molecule has 0 fully saturated rings. The van der Waals surface area contributed by atoms with Crippen molar-refractivity contribution in [2.45, 2.75) is 6.92 Å². The number of carbonyl (C=O) groups excluding carboxylic acids is 1. The highest BCUT2D eigenvalue weighted by Crippen LogP contribution is 2.22. The summed E-state index contributed by atoms with van der Waals surface area (Å²) in [4.78, 5) is 15.0. The fourth-order valence-corrected chi connectivity index (χ4v) is 2.55.